The SMILES string of the molecule is CCOCCN(CC)CCC1CCCC1(NC)C(=O)OC. The Morgan fingerprint density at radius 1 is 1.38 bits per heavy atom. The van der Waals surface area contributed by atoms with Crippen molar-refractivity contribution >= 4 is 5.97 Å². The van der Waals surface area contributed by atoms with E-state index in [2.05, 4.69) is 17.1 Å². The zero-order chi connectivity index (χ0) is 15.7. The number of ether oxygens (including phenoxy) is 2. The first-order valence-electron chi connectivity index (χ1n) is 8.22. The zero-order valence-corrected chi connectivity index (χ0v) is 14.1. The molecular weight excluding hydrogens is 268 g/mol. The fourth-order valence-corrected chi connectivity index (χ4v) is 3.46. The summed E-state index contributed by atoms with van der Waals surface area (Å²) in [6.45, 7) is 8.73. The molecule has 0 aromatic heterocycles. The second-order valence-electron chi connectivity index (χ2n) is 5.72. The van der Waals surface area contributed by atoms with Gasteiger partial charge in [0.2, 0.25) is 0 Å². The fraction of sp³-hybridized carbons (Fsp3) is 0.938. The van der Waals surface area contributed by atoms with Crippen LogP contribution in [0.15, 0.2) is 0 Å². The first-order valence-corrected chi connectivity index (χ1v) is 8.22. The average Bonchev–Trinajstić information content (AvgIpc) is 2.94. The van der Waals surface area contributed by atoms with E-state index in [-0.39, 0.29) is 5.97 Å². The number of rotatable bonds is 10. The molecule has 0 heterocycles. The van der Waals surface area contributed by atoms with E-state index in [1.165, 1.54) is 7.11 Å². The molecule has 0 aromatic rings. The third-order valence-electron chi connectivity index (χ3n) is 4.81. The maximum atomic E-state index is 12.2. The highest BCUT2D eigenvalue weighted by Gasteiger charge is 2.48. The summed E-state index contributed by atoms with van der Waals surface area (Å²) in [5.74, 6) is 0.251. The Morgan fingerprint density at radius 3 is 2.71 bits per heavy atom. The number of methoxy groups -OCH3 is 1. The smallest absolute Gasteiger partial charge is 0.326 e. The van der Waals surface area contributed by atoms with Gasteiger partial charge in [0.25, 0.3) is 0 Å². The van der Waals surface area contributed by atoms with Gasteiger partial charge in [-0.2, -0.15) is 0 Å². The largest absolute Gasteiger partial charge is 0.468 e. The van der Waals surface area contributed by atoms with Gasteiger partial charge in [-0.1, -0.05) is 13.3 Å². The number of hydrogen-bond acceptors (Lipinski definition) is 5. The molecule has 5 heteroatoms. The molecule has 1 fully saturated rings. The Kier molecular flexibility index (Phi) is 8.22. The van der Waals surface area contributed by atoms with Gasteiger partial charge < -0.3 is 19.7 Å². The minimum absolute atomic E-state index is 0.107. The molecule has 0 spiro atoms. The summed E-state index contributed by atoms with van der Waals surface area (Å²) >= 11 is 0. The van der Waals surface area contributed by atoms with Crippen molar-refractivity contribution in [1.29, 1.82) is 0 Å². The summed E-state index contributed by atoms with van der Waals surface area (Å²) in [5, 5.41) is 3.25. The van der Waals surface area contributed by atoms with Gasteiger partial charge in [0.05, 0.1) is 13.7 Å². The fourth-order valence-electron chi connectivity index (χ4n) is 3.46. The first kappa shape index (κ1) is 18.4. The van der Waals surface area contributed by atoms with Crippen molar-refractivity contribution in [3.05, 3.63) is 0 Å². The van der Waals surface area contributed by atoms with Gasteiger partial charge in [-0.15, -0.1) is 0 Å². The van der Waals surface area contributed by atoms with E-state index < -0.39 is 5.54 Å². The molecule has 1 aliphatic carbocycles. The Labute approximate surface area is 129 Å². The molecule has 5 nitrogen and oxygen atoms in total. The van der Waals surface area contributed by atoms with Gasteiger partial charge in [0.15, 0.2) is 0 Å². The van der Waals surface area contributed by atoms with Crippen LogP contribution in [0, 0.1) is 5.92 Å². The number of hydrogen-bond donors (Lipinski definition) is 1. The van der Waals surface area contributed by atoms with Crippen molar-refractivity contribution in [2.75, 3.05) is 47.0 Å². The van der Waals surface area contributed by atoms with E-state index in [9.17, 15) is 4.79 Å². The maximum Gasteiger partial charge on any atom is 0.326 e. The van der Waals surface area contributed by atoms with Crippen LogP contribution in [0.5, 0.6) is 0 Å². The molecule has 0 aliphatic heterocycles. The molecule has 0 radical (unpaired) electrons. The predicted molar refractivity (Wildman–Crippen MR) is 84.4 cm³/mol. The lowest BCUT2D eigenvalue weighted by Gasteiger charge is -2.33. The van der Waals surface area contributed by atoms with Crippen molar-refractivity contribution in [3.63, 3.8) is 0 Å². The quantitative estimate of drug-likeness (QED) is 0.491. The third-order valence-corrected chi connectivity index (χ3v) is 4.81. The van der Waals surface area contributed by atoms with E-state index in [0.717, 1.165) is 58.5 Å². The highest BCUT2D eigenvalue weighted by molar-refractivity contribution is 5.81. The van der Waals surface area contributed by atoms with Crippen LogP contribution in [-0.2, 0) is 14.3 Å². The van der Waals surface area contributed by atoms with Crippen LogP contribution in [-0.4, -0.2) is 63.4 Å². The number of likely N-dealkylation sites (N-methyl/N-ethyl adjacent to an activating group) is 2. The monoisotopic (exact) mass is 300 g/mol. The molecule has 1 aliphatic rings. The van der Waals surface area contributed by atoms with Crippen LogP contribution in [0.4, 0.5) is 0 Å². The molecule has 2 unspecified atom stereocenters. The number of nitrogens with zero attached hydrogens (tertiary/aromatic N) is 1. The summed E-state index contributed by atoms with van der Waals surface area (Å²) in [6.07, 6.45) is 4.09. The van der Waals surface area contributed by atoms with Crippen LogP contribution >= 0.6 is 0 Å². The van der Waals surface area contributed by atoms with Crippen molar-refractivity contribution in [3.8, 4) is 0 Å². The van der Waals surface area contributed by atoms with Crippen LogP contribution in [0.1, 0.15) is 39.5 Å². The lowest BCUT2D eigenvalue weighted by atomic mass is 9.84. The number of carbonyl (C=O) groups is 1. The van der Waals surface area contributed by atoms with Gasteiger partial charge >= 0.3 is 5.97 Å². The lowest BCUT2D eigenvalue weighted by Crippen LogP contribution is -2.54. The van der Waals surface area contributed by atoms with Gasteiger partial charge in [0.1, 0.15) is 5.54 Å². The van der Waals surface area contributed by atoms with Crippen LogP contribution in [0.2, 0.25) is 0 Å². The second-order valence-corrected chi connectivity index (χ2v) is 5.72. The number of nitrogens with one attached hydrogen (secondary N) is 1. The van der Waals surface area contributed by atoms with E-state index in [1.807, 2.05) is 14.0 Å². The normalized spacial score (nSPS) is 25.5. The minimum Gasteiger partial charge on any atom is -0.468 e. The van der Waals surface area contributed by atoms with Crippen molar-refractivity contribution < 1.29 is 14.3 Å². The molecular formula is C16H32N2O3. The molecule has 0 amide bonds. The average molecular weight is 300 g/mol. The Hall–Kier alpha value is -0.650. The van der Waals surface area contributed by atoms with Crippen LogP contribution in [0.3, 0.4) is 0 Å². The Morgan fingerprint density at radius 2 is 2.14 bits per heavy atom. The molecule has 1 rings (SSSR count). The minimum atomic E-state index is -0.478. The van der Waals surface area contributed by atoms with E-state index in [4.69, 9.17) is 9.47 Å². The molecule has 1 saturated carbocycles. The summed E-state index contributed by atoms with van der Waals surface area (Å²) < 4.78 is 10.5. The van der Waals surface area contributed by atoms with Gasteiger partial charge in [-0.25, -0.2) is 0 Å². The second kappa shape index (κ2) is 9.38. The summed E-state index contributed by atoms with van der Waals surface area (Å²) in [6, 6.07) is 0. The number of carbonyl (C=O) groups excluding carboxylic acids is 1. The molecule has 21 heavy (non-hydrogen) atoms. The predicted octanol–water partition coefficient (Wildman–Crippen LogP) is 1.67. The molecule has 2 atom stereocenters. The van der Waals surface area contributed by atoms with Crippen LogP contribution < -0.4 is 5.32 Å². The van der Waals surface area contributed by atoms with E-state index >= 15 is 0 Å². The molecule has 0 saturated heterocycles. The van der Waals surface area contributed by atoms with Crippen molar-refractivity contribution in [2.24, 2.45) is 5.92 Å². The summed E-state index contributed by atoms with van der Waals surface area (Å²) in [7, 11) is 3.36. The van der Waals surface area contributed by atoms with E-state index in [0.29, 0.717) is 5.92 Å². The molecule has 1 N–H and O–H groups in total. The van der Waals surface area contributed by atoms with Crippen molar-refractivity contribution in [2.45, 2.75) is 45.1 Å². The molecule has 0 aromatic carbocycles. The molecule has 124 valence electrons. The lowest BCUT2D eigenvalue weighted by molar-refractivity contribution is -0.150. The van der Waals surface area contributed by atoms with Crippen molar-refractivity contribution in [1.82, 2.24) is 10.2 Å². The third kappa shape index (κ3) is 4.66. The summed E-state index contributed by atoms with van der Waals surface area (Å²) in [5.41, 5.74) is -0.478. The zero-order valence-electron chi connectivity index (χ0n) is 14.1. The standard InChI is InChI=1S/C16H32N2O3/c1-5-18(12-13-21-6-2)11-9-14-8-7-10-16(14,17-3)15(19)20-4/h14,17H,5-13H2,1-4H3. The molecule has 0 bridgehead atoms. The first-order chi connectivity index (χ1) is 10.1. The van der Waals surface area contributed by atoms with Crippen LogP contribution in [0.25, 0.3) is 0 Å². The highest BCUT2D eigenvalue weighted by atomic mass is 16.5. The highest BCUT2D eigenvalue weighted by Crippen LogP contribution is 2.38. The Balaban J connectivity index is 2.53. The summed E-state index contributed by atoms with van der Waals surface area (Å²) in [4.78, 5) is 14.6. The maximum absolute atomic E-state index is 12.2. The Bertz CT molecular complexity index is 312. The number of esters is 1. The van der Waals surface area contributed by atoms with Gasteiger partial charge in [-0.05, 0) is 52.2 Å². The van der Waals surface area contributed by atoms with E-state index in [1.54, 1.807) is 0 Å². The van der Waals surface area contributed by atoms with Gasteiger partial charge in [0, 0.05) is 13.2 Å². The van der Waals surface area contributed by atoms with Gasteiger partial charge in [-0.3, -0.25) is 4.79 Å². The topological polar surface area (TPSA) is 50.8 Å².